The van der Waals surface area contributed by atoms with Crippen LogP contribution in [0.3, 0.4) is 0 Å². The molecule has 0 bridgehead atoms. The number of hydrogen-bond acceptors (Lipinski definition) is 4. The molecule has 0 aromatic carbocycles. The topological polar surface area (TPSA) is 13.0 Å². The van der Waals surface area contributed by atoms with Crippen LogP contribution in [-0.4, -0.2) is 61.9 Å². The van der Waals surface area contributed by atoms with Crippen molar-refractivity contribution < 1.29 is 0 Å². The van der Waals surface area contributed by atoms with E-state index >= 15 is 0 Å². The highest BCUT2D eigenvalue weighted by Gasteiger charge is 2.55. The van der Waals surface area contributed by atoms with Crippen LogP contribution >= 0.6 is 0 Å². The van der Waals surface area contributed by atoms with Gasteiger partial charge in [0.1, 0.15) is 0 Å². The highest BCUT2D eigenvalue weighted by Crippen LogP contribution is 2.57. The van der Waals surface area contributed by atoms with Gasteiger partial charge >= 0.3 is 0 Å². The van der Waals surface area contributed by atoms with E-state index in [1.165, 1.54) is 122 Å². The Balaban J connectivity index is 0.740. The molecule has 4 heteroatoms. The van der Waals surface area contributed by atoms with Crippen LogP contribution < -0.4 is 0 Å². The Morgan fingerprint density at radius 3 is 1.72 bits per heavy atom. The Hall–Kier alpha value is -4.70. The molecule has 4 heterocycles. The monoisotopic (exact) mass is 955 g/mol. The molecule has 72 heavy (non-hydrogen) atoms. The van der Waals surface area contributed by atoms with E-state index in [-0.39, 0.29) is 0 Å². The number of allylic oxidation sites excluding steroid dienone is 21. The standard InChI is InChI=1S/C68H82N4/c1-4-17-51(18-5-1)69-61-25-13-10-16-50(61)44-68(69)45-28-34-54(35-29-45)72-66-38-32-48(46-30-36-64-57(40-46)55-23-11-14-26-62(55)70(64)52-19-6-2-7-20-52)42-59(66)60-43-49(33-39-67(60)72)47-31-37-65-58(41-47)56-24-12-15-27-63(56)71(65)53-21-8-3-9-22-53/h2-3,6,8,10,14-17,19,21,26-28,30,32-34,36,38-39,41,44,46-50,55-57,59-67H,1,4-5,7,9,11-13,18,20,22-25,29,31,35,37,40,42-43H2. The summed E-state index contributed by atoms with van der Waals surface area (Å²) in [4.78, 5) is 11.6. The average Bonchev–Trinajstić information content (AvgIpc) is 4.20. The first-order valence-electron chi connectivity index (χ1n) is 30.1. The Labute approximate surface area is 433 Å². The number of nitrogens with zero attached hydrogens (tertiary/aromatic N) is 4. The molecule has 0 N–H and O–H groups in total. The third-order valence-corrected chi connectivity index (χ3v) is 22.0. The van der Waals surface area contributed by atoms with Gasteiger partial charge in [0.25, 0.3) is 0 Å². The molecule has 17 unspecified atom stereocenters. The minimum absolute atomic E-state index is 0.495. The molecule has 4 aliphatic heterocycles. The van der Waals surface area contributed by atoms with Gasteiger partial charge in [0.15, 0.2) is 0 Å². The minimum atomic E-state index is 0.495. The first-order valence-corrected chi connectivity index (χ1v) is 30.1. The fraction of sp³-hybridized carbons (Fsp3) is 0.559. The summed E-state index contributed by atoms with van der Waals surface area (Å²) < 4.78 is 0. The molecule has 0 amide bonds. The van der Waals surface area contributed by atoms with Crippen LogP contribution in [0.5, 0.6) is 0 Å². The summed E-state index contributed by atoms with van der Waals surface area (Å²) in [6.45, 7) is 0. The number of likely N-dealkylation sites (tertiary alicyclic amines) is 3. The lowest BCUT2D eigenvalue weighted by Gasteiger charge is -2.41. The van der Waals surface area contributed by atoms with Crippen LogP contribution in [-0.2, 0) is 0 Å². The summed E-state index contributed by atoms with van der Waals surface area (Å²) in [6, 6.07) is 3.89. The van der Waals surface area contributed by atoms with Crippen LogP contribution in [0.2, 0.25) is 0 Å². The van der Waals surface area contributed by atoms with E-state index in [1.54, 1.807) is 34.1 Å². The molecule has 0 aromatic rings. The molecule has 15 rings (SSSR count). The van der Waals surface area contributed by atoms with Gasteiger partial charge in [-0.05, 0) is 212 Å². The van der Waals surface area contributed by atoms with Gasteiger partial charge in [-0.2, -0.15) is 0 Å². The molecule has 0 saturated carbocycles. The Bertz CT molecular complexity index is 2650. The van der Waals surface area contributed by atoms with Crippen LogP contribution in [0.25, 0.3) is 0 Å². The zero-order valence-corrected chi connectivity index (χ0v) is 43.2. The van der Waals surface area contributed by atoms with Crippen molar-refractivity contribution in [2.75, 3.05) is 0 Å². The maximum Gasteiger partial charge on any atom is 0.0542 e. The predicted molar refractivity (Wildman–Crippen MR) is 295 cm³/mol. The summed E-state index contributed by atoms with van der Waals surface area (Å²) in [5.41, 5.74) is 11.4. The van der Waals surface area contributed by atoms with Crippen molar-refractivity contribution in [2.24, 2.45) is 59.2 Å². The molecule has 0 aromatic heterocycles. The molecule has 15 aliphatic rings. The van der Waals surface area contributed by atoms with Crippen LogP contribution in [0, 0.1) is 59.2 Å². The van der Waals surface area contributed by atoms with Gasteiger partial charge in [-0.1, -0.05) is 122 Å². The second-order valence-electron chi connectivity index (χ2n) is 25.3. The maximum atomic E-state index is 3.01. The second-order valence-corrected chi connectivity index (χ2v) is 25.3. The van der Waals surface area contributed by atoms with E-state index in [9.17, 15) is 0 Å². The van der Waals surface area contributed by atoms with Crippen LogP contribution in [0.4, 0.5) is 0 Å². The van der Waals surface area contributed by atoms with Crippen LogP contribution in [0.15, 0.2) is 179 Å². The largest absolute Gasteiger partial charge is 0.361 e. The van der Waals surface area contributed by atoms with E-state index in [4.69, 9.17) is 0 Å². The lowest BCUT2D eigenvalue weighted by atomic mass is 9.64. The molecule has 374 valence electrons. The van der Waals surface area contributed by atoms with Crippen molar-refractivity contribution in [1.29, 1.82) is 0 Å². The Morgan fingerprint density at radius 2 is 1.04 bits per heavy atom. The molecule has 17 atom stereocenters. The number of rotatable bonds is 7. The van der Waals surface area contributed by atoms with Crippen molar-refractivity contribution >= 4 is 0 Å². The quantitative estimate of drug-likeness (QED) is 0.236. The first kappa shape index (κ1) is 44.8. The van der Waals surface area contributed by atoms with Gasteiger partial charge in [-0.3, -0.25) is 0 Å². The summed E-state index contributed by atoms with van der Waals surface area (Å²) in [5, 5.41) is 0. The van der Waals surface area contributed by atoms with Gasteiger partial charge in [0, 0.05) is 46.4 Å². The average molecular weight is 955 g/mol. The van der Waals surface area contributed by atoms with Crippen molar-refractivity contribution in [1.82, 2.24) is 19.6 Å². The predicted octanol–water partition coefficient (Wildman–Crippen LogP) is 15.1. The molecule has 0 radical (unpaired) electrons. The summed E-state index contributed by atoms with van der Waals surface area (Å²) >= 11 is 0. The van der Waals surface area contributed by atoms with E-state index in [1.807, 2.05) is 5.57 Å². The van der Waals surface area contributed by atoms with E-state index < -0.39 is 0 Å². The summed E-state index contributed by atoms with van der Waals surface area (Å²) in [5.74, 6) is 6.79. The summed E-state index contributed by atoms with van der Waals surface area (Å²) in [7, 11) is 0. The molecular formula is C68H82N4. The van der Waals surface area contributed by atoms with E-state index in [0.29, 0.717) is 89.6 Å². The van der Waals surface area contributed by atoms with Crippen molar-refractivity contribution in [3.05, 3.63) is 179 Å². The van der Waals surface area contributed by atoms with Crippen molar-refractivity contribution in [3.63, 3.8) is 0 Å². The normalized spacial score (nSPS) is 43.1. The third-order valence-electron chi connectivity index (χ3n) is 22.0. The fourth-order valence-corrected chi connectivity index (χ4v) is 18.8. The molecule has 0 spiro atoms. The van der Waals surface area contributed by atoms with Gasteiger partial charge < -0.3 is 19.6 Å². The Kier molecular flexibility index (Phi) is 11.6. The van der Waals surface area contributed by atoms with Crippen molar-refractivity contribution in [3.8, 4) is 0 Å². The van der Waals surface area contributed by atoms with Crippen molar-refractivity contribution in [2.45, 2.75) is 177 Å². The van der Waals surface area contributed by atoms with Gasteiger partial charge in [0.2, 0.25) is 0 Å². The first-order chi connectivity index (χ1) is 35.7. The van der Waals surface area contributed by atoms with Crippen LogP contribution in [0.1, 0.15) is 135 Å². The van der Waals surface area contributed by atoms with Gasteiger partial charge in [-0.25, -0.2) is 0 Å². The Morgan fingerprint density at radius 1 is 0.403 bits per heavy atom. The lowest BCUT2D eigenvalue weighted by molar-refractivity contribution is 0.191. The number of hydrogen-bond donors (Lipinski definition) is 0. The third kappa shape index (κ3) is 7.46. The SMILES string of the molecule is C1=CCCC(N2C3CCC(C4C=CC5C(C4)C4CC(C6C=CC7C(C6)C6CCC=CC6N7C6=CC=CCC6)C=CC4N5C4=CC=C(C5=CC6C=CCCC6N5C5=CCCCC5)CC4)C=C3C3CCC=CC32)=C1. The van der Waals surface area contributed by atoms with E-state index in [0.717, 1.165) is 24.7 Å². The minimum Gasteiger partial charge on any atom is -0.361 e. The zero-order chi connectivity index (χ0) is 47.3. The number of fused-ring (bicyclic) bond motifs is 10. The molecular weight excluding hydrogens is 873 g/mol. The molecule has 11 aliphatic carbocycles. The molecule has 3 saturated heterocycles. The zero-order valence-electron chi connectivity index (χ0n) is 43.2. The smallest absolute Gasteiger partial charge is 0.0542 e. The maximum absolute atomic E-state index is 3.01. The summed E-state index contributed by atoms with van der Waals surface area (Å²) in [6.07, 6.45) is 86.1. The van der Waals surface area contributed by atoms with E-state index in [2.05, 4.69) is 159 Å². The van der Waals surface area contributed by atoms with Gasteiger partial charge in [-0.15, -0.1) is 0 Å². The highest BCUT2D eigenvalue weighted by atomic mass is 15.3. The van der Waals surface area contributed by atoms with Gasteiger partial charge in [0.05, 0.1) is 36.3 Å². The molecule has 3 fully saturated rings. The fourth-order valence-electron chi connectivity index (χ4n) is 18.8. The molecule has 4 nitrogen and oxygen atoms in total. The lowest BCUT2D eigenvalue weighted by Crippen LogP contribution is -2.39. The second kappa shape index (κ2) is 18.6. The highest BCUT2D eigenvalue weighted by molar-refractivity contribution is 5.45.